The molecule has 0 spiro atoms. The Morgan fingerprint density at radius 1 is 0.860 bits per heavy atom. The van der Waals surface area contributed by atoms with Gasteiger partial charge in [-0.3, -0.25) is 4.98 Å². The van der Waals surface area contributed by atoms with Gasteiger partial charge in [0.25, 0.3) is 0 Å². The van der Waals surface area contributed by atoms with Gasteiger partial charge in [0.2, 0.25) is 5.71 Å². The quantitative estimate of drug-likeness (QED) is 0.123. The number of rotatable bonds is 6. The standard InChI is InChI=1S/C24H14N3O.C19H26GeN.Ir/c1-2-8-16(9-3-1)27-21-14-5-4-13-20(21)26-23(27)19-11-6-10-17-18-12-7-15-25-24(18)28-22(17)19;1-14(2)12-17-13-18(20(4,5)6)15(3)21-19(17)16-10-8-7-9-11-16;/h1-10,12-15H;7-10,13-14H,12H2,1-6H3;/q2*-1;/i;3D3,12D2;. The van der Waals surface area contributed by atoms with E-state index in [9.17, 15) is 0 Å². The third-order valence-corrected chi connectivity index (χ3v) is 12.4. The van der Waals surface area contributed by atoms with E-state index >= 15 is 0 Å². The van der Waals surface area contributed by atoms with Crippen LogP contribution in [0.5, 0.6) is 0 Å². The van der Waals surface area contributed by atoms with Crippen LogP contribution < -0.4 is 4.40 Å². The zero-order valence-corrected chi connectivity index (χ0v) is 33.1. The molecule has 0 bridgehead atoms. The van der Waals surface area contributed by atoms with Crippen molar-refractivity contribution >= 4 is 50.8 Å². The topological polar surface area (TPSA) is 56.7 Å². The molecule has 4 aromatic heterocycles. The van der Waals surface area contributed by atoms with Crippen molar-refractivity contribution < 1.29 is 31.4 Å². The predicted octanol–water partition coefficient (Wildman–Crippen LogP) is 10.4. The maximum Gasteiger partial charge on any atom is 0.216 e. The molecule has 253 valence electrons. The van der Waals surface area contributed by atoms with Gasteiger partial charge in [-0.25, -0.2) is 4.98 Å². The third-order valence-electron chi connectivity index (χ3n) is 8.25. The molecule has 0 aliphatic heterocycles. The Bertz CT molecular complexity index is 2600. The molecule has 8 rings (SSSR count). The summed E-state index contributed by atoms with van der Waals surface area (Å²) in [5.41, 5.74) is 6.80. The van der Waals surface area contributed by atoms with E-state index in [2.05, 4.69) is 62.1 Å². The van der Waals surface area contributed by atoms with Gasteiger partial charge in [-0.2, -0.15) is 0 Å². The van der Waals surface area contributed by atoms with E-state index in [0.717, 1.165) is 48.9 Å². The Kier molecular flexibility index (Phi) is 8.73. The van der Waals surface area contributed by atoms with Crippen LogP contribution in [0.3, 0.4) is 0 Å². The van der Waals surface area contributed by atoms with E-state index in [1.807, 2.05) is 86.6 Å². The van der Waals surface area contributed by atoms with Crippen molar-refractivity contribution in [3.8, 4) is 28.3 Å². The van der Waals surface area contributed by atoms with Crippen LogP contribution in [0.4, 0.5) is 0 Å². The predicted molar refractivity (Wildman–Crippen MR) is 205 cm³/mol. The summed E-state index contributed by atoms with van der Waals surface area (Å²) in [6.45, 7) is 1.32. The first-order chi connectivity index (χ1) is 25.7. The average Bonchev–Trinajstić information content (AvgIpc) is 3.73. The van der Waals surface area contributed by atoms with Crippen molar-refractivity contribution in [2.24, 2.45) is 5.92 Å². The molecule has 0 fully saturated rings. The van der Waals surface area contributed by atoms with Gasteiger partial charge in [-0.1, -0.05) is 41.3 Å². The average molecular weight is 899 g/mol. The molecule has 4 aromatic carbocycles. The fraction of sp³-hybridized carbons (Fsp3) is 0.186. The second-order valence-electron chi connectivity index (χ2n) is 13.3. The first-order valence-corrected chi connectivity index (χ1v) is 23.8. The first-order valence-electron chi connectivity index (χ1n) is 18.9. The number of hydrogen-bond acceptors (Lipinski definition) is 4. The number of furan rings is 1. The van der Waals surface area contributed by atoms with Gasteiger partial charge in [0.1, 0.15) is 0 Å². The van der Waals surface area contributed by atoms with Crippen LogP contribution in [0.25, 0.3) is 61.4 Å². The number of pyridine rings is 2. The minimum Gasteiger partial charge on any atom is -0.486 e. The summed E-state index contributed by atoms with van der Waals surface area (Å²) < 4.78 is 50.2. The molecular formula is C43H40GeIrN4O-2. The fourth-order valence-electron chi connectivity index (χ4n) is 6.03. The monoisotopic (exact) mass is 900 g/mol. The maximum atomic E-state index is 8.63. The van der Waals surface area contributed by atoms with Gasteiger partial charge in [0.15, 0.2) is 0 Å². The SMILES string of the molecule is [2H]C([2H])([2H])c1nc(-c2[c-]cccc2)c(C([2H])([2H])C(C)C)c[c]1[Ge]([CH3])([CH3])[CH3].[Ir].[c-]1ccc2c(oc3ncccc32)c1-c1nc2ccccc2n1-c1ccccc1. The Hall–Kier alpha value is -4.36. The number of imidazole rings is 1. The van der Waals surface area contributed by atoms with Crippen molar-refractivity contribution in [3.05, 3.63) is 139 Å². The van der Waals surface area contributed by atoms with Crippen LogP contribution in [0.2, 0.25) is 17.3 Å². The van der Waals surface area contributed by atoms with Gasteiger partial charge < -0.3 is 8.98 Å². The van der Waals surface area contributed by atoms with Crippen LogP contribution in [0.15, 0.2) is 120 Å². The molecule has 0 atom stereocenters. The van der Waals surface area contributed by atoms with Crippen LogP contribution in [0.1, 0.15) is 32.0 Å². The normalized spacial score (nSPS) is 13.5. The van der Waals surface area contributed by atoms with Crippen LogP contribution in [-0.2, 0) is 26.5 Å². The molecule has 0 amide bonds. The summed E-state index contributed by atoms with van der Waals surface area (Å²) in [6, 6.07) is 41.7. The summed E-state index contributed by atoms with van der Waals surface area (Å²) in [4.78, 5) is 13.8. The number of fused-ring (bicyclic) bond motifs is 4. The molecule has 50 heavy (non-hydrogen) atoms. The molecule has 1 radical (unpaired) electrons. The summed E-state index contributed by atoms with van der Waals surface area (Å²) in [6.07, 6.45) is 0.120. The van der Waals surface area contributed by atoms with Crippen molar-refractivity contribution in [1.29, 1.82) is 0 Å². The zero-order chi connectivity index (χ0) is 38.4. The summed E-state index contributed by atoms with van der Waals surface area (Å²) in [5.74, 6) is 6.85. The van der Waals surface area contributed by atoms with Crippen molar-refractivity contribution in [2.45, 2.75) is 44.3 Å². The van der Waals surface area contributed by atoms with Crippen LogP contribution >= 0.6 is 0 Å². The molecule has 4 heterocycles. The summed E-state index contributed by atoms with van der Waals surface area (Å²) in [5, 5.41) is 2.01. The third kappa shape index (κ3) is 7.11. The molecule has 0 aliphatic rings. The molecule has 8 aromatic rings. The molecule has 0 unspecified atom stereocenters. The minimum atomic E-state index is -2.61. The van der Waals surface area contributed by atoms with Crippen molar-refractivity contribution in [1.82, 2.24) is 19.5 Å². The molecular weight excluding hydrogens is 853 g/mol. The van der Waals surface area contributed by atoms with Gasteiger partial charge in [0.05, 0.1) is 22.4 Å². The minimum absolute atomic E-state index is 0. The van der Waals surface area contributed by atoms with Gasteiger partial charge in [-0.05, 0) is 36.4 Å². The number of hydrogen-bond donors (Lipinski definition) is 0. The second kappa shape index (κ2) is 14.9. The summed E-state index contributed by atoms with van der Waals surface area (Å²) >= 11 is -2.61. The second-order valence-corrected chi connectivity index (χ2v) is 23.8. The number of benzene rings is 4. The van der Waals surface area contributed by atoms with Crippen LogP contribution in [-0.4, -0.2) is 32.8 Å². The van der Waals surface area contributed by atoms with E-state index < -0.39 is 26.5 Å². The smallest absolute Gasteiger partial charge is 0.216 e. The van der Waals surface area contributed by atoms with Gasteiger partial charge in [-0.15, -0.1) is 18.2 Å². The van der Waals surface area contributed by atoms with E-state index in [1.165, 1.54) is 0 Å². The number of para-hydroxylation sites is 3. The number of aryl methyl sites for hydroxylation is 1. The van der Waals surface area contributed by atoms with Crippen molar-refractivity contribution in [3.63, 3.8) is 0 Å². The van der Waals surface area contributed by atoms with E-state index in [-0.39, 0.29) is 31.7 Å². The van der Waals surface area contributed by atoms with Gasteiger partial charge >= 0.3 is 139 Å². The Morgan fingerprint density at radius 3 is 2.38 bits per heavy atom. The van der Waals surface area contributed by atoms with E-state index in [1.54, 1.807) is 24.4 Å². The number of nitrogens with zero attached hydrogens (tertiary/aromatic N) is 4. The molecule has 7 heteroatoms. The van der Waals surface area contributed by atoms with Crippen LogP contribution in [0, 0.1) is 24.9 Å². The van der Waals surface area contributed by atoms with Gasteiger partial charge in [0, 0.05) is 37.4 Å². The number of aromatic nitrogens is 4. The molecule has 0 saturated heterocycles. The van der Waals surface area contributed by atoms with Crippen molar-refractivity contribution in [2.75, 3.05) is 0 Å². The molecule has 5 nitrogen and oxygen atoms in total. The molecule has 0 saturated carbocycles. The molecule has 0 N–H and O–H groups in total. The zero-order valence-electron chi connectivity index (χ0n) is 33.6. The molecule has 0 aliphatic carbocycles. The first kappa shape index (κ1) is 29.4. The Morgan fingerprint density at radius 2 is 1.64 bits per heavy atom. The Labute approximate surface area is 317 Å². The fourth-order valence-corrected chi connectivity index (χ4v) is 8.85. The van der Waals surface area contributed by atoms with E-state index in [4.69, 9.17) is 16.3 Å². The summed E-state index contributed by atoms with van der Waals surface area (Å²) in [7, 11) is 0. The van der Waals surface area contributed by atoms with E-state index in [0.29, 0.717) is 22.5 Å². The Balaban J connectivity index is 0.000000185. The largest absolute Gasteiger partial charge is 0.486 e. The maximum absolute atomic E-state index is 8.63.